The lowest BCUT2D eigenvalue weighted by Gasteiger charge is -2.17. The van der Waals surface area contributed by atoms with Crippen LogP contribution in [0.15, 0.2) is 58.7 Å². The Morgan fingerprint density at radius 3 is 2.58 bits per heavy atom. The van der Waals surface area contributed by atoms with Crippen molar-refractivity contribution in [2.24, 2.45) is 5.10 Å². The molecule has 5 N–H and O–H groups in total. The molecule has 11 heteroatoms. The molecule has 3 aromatic rings. The van der Waals surface area contributed by atoms with Gasteiger partial charge in [0, 0.05) is 23.2 Å². The van der Waals surface area contributed by atoms with E-state index in [2.05, 4.69) is 27.4 Å². The lowest BCUT2D eigenvalue weighted by molar-refractivity contribution is -0.112. The first-order valence-electron chi connectivity index (χ1n) is 13.5. The quantitative estimate of drug-likeness (QED) is 0.124. The van der Waals surface area contributed by atoms with Gasteiger partial charge in [-0.25, -0.2) is 15.2 Å². The highest BCUT2D eigenvalue weighted by Gasteiger charge is 2.34. The Kier molecular flexibility index (Phi) is 9.96. The fourth-order valence-corrected chi connectivity index (χ4v) is 5.37. The Morgan fingerprint density at radius 2 is 1.88 bits per heavy atom. The Bertz CT molecular complexity index is 1390. The average molecular weight is 563 g/mol. The summed E-state index contributed by atoms with van der Waals surface area (Å²) in [6, 6.07) is 12.9. The number of unbranched alkanes of at least 4 members (excludes halogenated alkanes) is 4. The molecule has 2 heterocycles. The van der Waals surface area contributed by atoms with E-state index < -0.39 is 11.9 Å². The molecule has 2 aromatic carbocycles. The highest BCUT2D eigenvalue weighted by molar-refractivity contribution is 7.99. The van der Waals surface area contributed by atoms with E-state index in [-0.39, 0.29) is 28.8 Å². The van der Waals surface area contributed by atoms with Crippen LogP contribution in [-0.4, -0.2) is 50.9 Å². The van der Waals surface area contributed by atoms with Crippen molar-refractivity contribution in [3.05, 3.63) is 71.0 Å². The van der Waals surface area contributed by atoms with Gasteiger partial charge in [-0.05, 0) is 60.9 Å². The van der Waals surface area contributed by atoms with E-state index in [1.54, 1.807) is 28.8 Å². The summed E-state index contributed by atoms with van der Waals surface area (Å²) in [6.45, 7) is 2.76. The number of rotatable bonds is 14. The van der Waals surface area contributed by atoms with E-state index in [0.29, 0.717) is 12.1 Å². The Morgan fingerprint density at radius 1 is 1.10 bits per heavy atom. The maximum Gasteiger partial charge on any atom is 0.335 e. The van der Waals surface area contributed by atoms with Gasteiger partial charge >= 0.3 is 5.97 Å². The molecule has 0 saturated carbocycles. The lowest BCUT2D eigenvalue weighted by Crippen LogP contribution is -2.32. The lowest BCUT2D eigenvalue weighted by atomic mass is 10.1. The number of aromatic carboxylic acids is 1. The van der Waals surface area contributed by atoms with E-state index in [9.17, 15) is 14.4 Å². The van der Waals surface area contributed by atoms with Crippen LogP contribution in [0, 0.1) is 0 Å². The van der Waals surface area contributed by atoms with Crippen LogP contribution in [-0.2, 0) is 11.2 Å². The molecule has 4 rings (SSSR count). The molecule has 0 radical (unpaired) electrons. The zero-order chi connectivity index (χ0) is 28.5. The number of carbonyl (C=O) groups excluding carboxylic acids is 2. The van der Waals surface area contributed by atoms with Gasteiger partial charge in [0.1, 0.15) is 5.69 Å². The first kappa shape index (κ1) is 28.9. The standard InChI is InChI=1S/C29H34N6O4S/c1-2-3-4-5-6-15-35-24-14-13-21(40-16-7-8-19-9-11-20(12-10-19)28(38)39)17-22(24)25(27(35)37)33-34-26(36)23-18-31-29(30)32-23/h9-14,17-18H,2-8,15-16H2,1H3,(H,34,36)(H,38,39)(H3,30,31,32). The number of aryl methyl sites for hydroxylation is 1. The van der Waals surface area contributed by atoms with Crippen LogP contribution in [0.1, 0.15) is 77.4 Å². The van der Waals surface area contributed by atoms with Crippen LogP contribution >= 0.6 is 11.8 Å². The third kappa shape index (κ3) is 7.29. The SMILES string of the molecule is CCCCCCCN1C(=O)C(=NNC(=O)c2c[nH]c(N)n2)c2cc(SCCCc3ccc(C(=O)O)cc3)ccc21. The number of hydrogen-bond donors (Lipinski definition) is 4. The molecular formula is C29H34N6O4S. The van der Waals surface area contributed by atoms with Gasteiger partial charge in [0.15, 0.2) is 11.7 Å². The van der Waals surface area contributed by atoms with E-state index in [0.717, 1.165) is 60.4 Å². The number of nitrogen functional groups attached to an aromatic ring is 1. The number of benzene rings is 2. The number of carboxylic acid groups (broad SMARTS) is 1. The van der Waals surface area contributed by atoms with Crippen LogP contribution < -0.4 is 16.1 Å². The van der Waals surface area contributed by atoms with Gasteiger partial charge in [-0.2, -0.15) is 5.10 Å². The first-order chi connectivity index (χ1) is 19.4. The number of amides is 2. The van der Waals surface area contributed by atoms with Gasteiger partial charge in [0.2, 0.25) is 0 Å². The second-order valence-corrected chi connectivity index (χ2v) is 10.7. The van der Waals surface area contributed by atoms with Crippen molar-refractivity contribution in [1.29, 1.82) is 0 Å². The number of nitrogens with one attached hydrogen (secondary N) is 2. The second kappa shape index (κ2) is 13.8. The summed E-state index contributed by atoms with van der Waals surface area (Å²) in [4.78, 5) is 46.2. The summed E-state index contributed by atoms with van der Waals surface area (Å²) in [6.07, 6.45) is 8.52. The Hall–Kier alpha value is -4.12. The molecule has 10 nitrogen and oxygen atoms in total. The van der Waals surface area contributed by atoms with Gasteiger partial charge < -0.3 is 20.7 Å². The summed E-state index contributed by atoms with van der Waals surface area (Å²) in [7, 11) is 0. The summed E-state index contributed by atoms with van der Waals surface area (Å²) in [5.41, 5.74) is 11.1. The minimum Gasteiger partial charge on any atom is -0.478 e. The molecular weight excluding hydrogens is 528 g/mol. The number of carboxylic acids is 1. The molecule has 1 aliphatic rings. The van der Waals surface area contributed by atoms with Crippen molar-refractivity contribution < 1.29 is 19.5 Å². The number of H-pyrrole nitrogens is 1. The predicted molar refractivity (Wildman–Crippen MR) is 157 cm³/mol. The molecule has 1 aromatic heterocycles. The number of aromatic amines is 1. The summed E-state index contributed by atoms with van der Waals surface area (Å²) < 4.78 is 0. The van der Waals surface area contributed by atoms with Crippen molar-refractivity contribution in [2.45, 2.75) is 56.8 Å². The summed E-state index contributed by atoms with van der Waals surface area (Å²) in [5.74, 6) is -0.763. The molecule has 0 saturated heterocycles. The average Bonchev–Trinajstić information content (AvgIpc) is 3.50. The molecule has 0 fully saturated rings. The molecule has 0 bridgehead atoms. The Labute approximate surface area is 237 Å². The van der Waals surface area contributed by atoms with Gasteiger partial charge in [-0.1, -0.05) is 44.7 Å². The van der Waals surface area contributed by atoms with Crippen LogP contribution in [0.4, 0.5) is 11.6 Å². The van der Waals surface area contributed by atoms with E-state index in [1.807, 2.05) is 30.3 Å². The highest BCUT2D eigenvalue weighted by Crippen LogP contribution is 2.34. The second-order valence-electron chi connectivity index (χ2n) is 9.58. The van der Waals surface area contributed by atoms with Crippen LogP contribution in [0.25, 0.3) is 0 Å². The summed E-state index contributed by atoms with van der Waals surface area (Å²) >= 11 is 1.67. The first-order valence-corrected chi connectivity index (χ1v) is 14.5. The molecule has 0 unspecified atom stereocenters. The number of nitrogens with zero attached hydrogens (tertiary/aromatic N) is 3. The van der Waals surface area contributed by atoms with Crippen molar-refractivity contribution in [2.75, 3.05) is 22.9 Å². The van der Waals surface area contributed by atoms with Gasteiger partial charge in [-0.15, -0.1) is 11.8 Å². The predicted octanol–water partition coefficient (Wildman–Crippen LogP) is 4.87. The van der Waals surface area contributed by atoms with E-state index in [1.165, 1.54) is 12.6 Å². The van der Waals surface area contributed by atoms with Gasteiger partial charge in [0.25, 0.3) is 11.8 Å². The molecule has 0 atom stereocenters. The van der Waals surface area contributed by atoms with Gasteiger partial charge in [-0.3, -0.25) is 9.59 Å². The number of fused-ring (bicyclic) bond motifs is 1. The van der Waals surface area contributed by atoms with Crippen molar-refractivity contribution >= 4 is 46.9 Å². The Balaban J connectivity index is 1.44. The van der Waals surface area contributed by atoms with Crippen LogP contribution in [0.5, 0.6) is 0 Å². The zero-order valence-corrected chi connectivity index (χ0v) is 23.3. The number of aromatic nitrogens is 2. The largest absolute Gasteiger partial charge is 0.478 e. The molecule has 0 aliphatic carbocycles. The molecule has 2 amide bonds. The van der Waals surface area contributed by atoms with Crippen LogP contribution in [0.2, 0.25) is 0 Å². The number of hydrazone groups is 1. The normalized spacial score (nSPS) is 13.6. The molecule has 0 spiro atoms. The fourth-order valence-electron chi connectivity index (χ4n) is 4.48. The topological polar surface area (TPSA) is 154 Å². The maximum atomic E-state index is 13.4. The van der Waals surface area contributed by atoms with Crippen molar-refractivity contribution in [1.82, 2.24) is 15.4 Å². The number of carbonyl (C=O) groups is 3. The van der Waals surface area contributed by atoms with Crippen molar-refractivity contribution in [3.8, 4) is 0 Å². The summed E-state index contributed by atoms with van der Waals surface area (Å²) in [5, 5.41) is 13.3. The monoisotopic (exact) mass is 562 g/mol. The smallest absolute Gasteiger partial charge is 0.335 e. The van der Waals surface area contributed by atoms with Crippen molar-refractivity contribution in [3.63, 3.8) is 0 Å². The third-order valence-electron chi connectivity index (χ3n) is 6.63. The zero-order valence-electron chi connectivity index (χ0n) is 22.5. The molecule has 40 heavy (non-hydrogen) atoms. The maximum absolute atomic E-state index is 13.4. The highest BCUT2D eigenvalue weighted by atomic mass is 32.2. The van der Waals surface area contributed by atoms with E-state index in [4.69, 9.17) is 10.8 Å². The van der Waals surface area contributed by atoms with Crippen LogP contribution in [0.3, 0.4) is 0 Å². The van der Waals surface area contributed by atoms with E-state index >= 15 is 0 Å². The number of imidazole rings is 1. The minimum atomic E-state index is -0.930. The number of thioether (sulfide) groups is 1. The minimum absolute atomic E-state index is 0.0854. The number of anilines is 2. The third-order valence-corrected chi connectivity index (χ3v) is 7.71. The molecule has 210 valence electrons. The van der Waals surface area contributed by atoms with Gasteiger partial charge in [0.05, 0.1) is 11.3 Å². The fraction of sp³-hybridized carbons (Fsp3) is 0.345. The number of nitrogens with two attached hydrogens (primary N) is 1. The molecule has 1 aliphatic heterocycles. The number of hydrogen-bond acceptors (Lipinski definition) is 7.